The molecule has 0 aliphatic carbocycles. The standard InChI is InChI=1S/C16H14ClNO3/c1-8-3-4-9(7-10(8)17)18-14(19)12-11-5-6-16(2,21-11)13(12)15(18)20/h3-7,11-13H,1-2H3/t11-,12+,13-,16-/m0/s1. The molecule has 1 aromatic carbocycles. The maximum atomic E-state index is 12.7. The van der Waals surface area contributed by atoms with Crippen molar-refractivity contribution in [3.8, 4) is 0 Å². The van der Waals surface area contributed by atoms with Crippen molar-refractivity contribution in [3.05, 3.63) is 40.9 Å². The van der Waals surface area contributed by atoms with E-state index < -0.39 is 17.4 Å². The van der Waals surface area contributed by atoms with Crippen LogP contribution in [0.2, 0.25) is 5.02 Å². The first-order valence-corrected chi connectivity index (χ1v) is 7.31. The number of ether oxygens (including phenoxy) is 1. The molecule has 3 aliphatic heterocycles. The second-order valence-corrected chi connectivity index (χ2v) is 6.48. The van der Waals surface area contributed by atoms with Crippen LogP contribution >= 0.6 is 11.6 Å². The number of rotatable bonds is 1. The Balaban J connectivity index is 1.78. The highest BCUT2D eigenvalue weighted by atomic mass is 35.5. The third kappa shape index (κ3) is 1.54. The molecule has 3 aliphatic rings. The smallest absolute Gasteiger partial charge is 0.241 e. The summed E-state index contributed by atoms with van der Waals surface area (Å²) < 4.78 is 5.79. The minimum Gasteiger partial charge on any atom is -0.362 e. The fourth-order valence-electron chi connectivity index (χ4n) is 3.63. The van der Waals surface area contributed by atoms with Gasteiger partial charge in [0.25, 0.3) is 0 Å². The van der Waals surface area contributed by atoms with E-state index in [9.17, 15) is 9.59 Å². The molecule has 108 valence electrons. The largest absolute Gasteiger partial charge is 0.362 e. The molecule has 2 saturated heterocycles. The first-order chi connectivity index (χ1) is 9.92. The third-order valence-electron chi connectivity index (χ3n) is 4.74. The van der Waals surface area contributed by atoms with Crippen molar-refractivity contribution in [2.24, 2.45) is 11.8 Å². The van der Waals surface area contributed by atoms with Crippen molar-refractivity contribution in [2.75, 3.05) is 4.90 Å². The van der Waals surface area contributed by atoms with Gasteiger partial charge in [0.2, 0.25) is 11.8 Å². The zero-order valence-corrected chi connectivity index (χ0v) is 12.4. The number of benzene rings is 1. The summed E-state index contributed by atoms with van der Waals surface area (Å²) in [6, 6.07) is 5.25. The summed E-state index contributed by atoms with van der Waals surface area (Å²) >= 11 is 6.12. The number of hydrogen-bond donors (Lipinski definition) is 0. The van der Waals surface area contributed by atoms with Gasteiger partial charge < -0.3 is 4.74 Å². The number of fused-ring (bicyclic) bond motifs is 5. The Labute approximate surface area is 127 Å². The van der Waals surface area contributed by atoms with Crippen LogP contribution in [-0.2, 0) is 14.3 Å². The second-order valence-electron chi connectivity index (χ2n) is 6.07. The first-order valence-electron chi connectivity index (χ1n) is 6.93. The molecule has 4 atom stereocenters. The van der Waals surface area contributed by atoms with E-state index >= 15 is 0 Å². The van der Waals surface area contributed by atoms with Gasteiger partial charge in [-0.1, -0.05) is 29.8 Å². The van der Waals surface area contributed by atoms with Gasteiger partial charge in [0.1, 0.15) is 0 Å². The summed E-state index contributed by atoms with van der Waals surface area (Å²) in [6.07, 6.45) is 3.50. The Kier molecular flexibility index (Phi) is 2.46. The SMILES string of the molecule is Cc1ccc(N2C(=O)[C@@H]3[C@@H]4C=C[C@](C)(O4)[C@@H]3C2=O)cc1Cl. The van der Waals surface area contributed by atoms with E-state index in [1.165, 1.54) is 4.90 Å². The number of carbonyl (C=O) groups is 2. The Morgan fingerprint density at radius 1 is 1.29 bits per heavy atom. The quantitative estimate of drug-likeness (QED) is 0.591. The molecule has 2 fully saturated rings. The minimum absolute atomic E-state index is 0.192. The number of carbonyl (C=O) groups excluding carboxylic acids is 2. The molecule has 5 heteroatoms. The first kappa shape index (κ1) is 13.0. The van der Waals surface area contributed by atoms with Crippen LogP contribution in [0.5, 0.6) is 0 Å². The Morgan fingerprint density at radius 3 is 2.71 bits per heavy atom. The lowest BCUT2D eigenvalue weighted by Gasteiger charge is -2.24. The molecule has 0 saturated carbocycles. The van der Waals surface area contributed by atoms with E-state index in [-0.39, 0.29) is 17.9 Å². The van der Waals surface area contributed by atoms with Crippen LogP contribution in [0.3, 0.4) is 0 Å². The molecule has 0 aromatic heterocycles. The Morgan fingerprint density at radius 2 is 2.05 bits per heavy atom. The normalized spacial score (nSPS) is 36.7. The minimum atomic E-state index is -0.661. The van der Waals surface area contributed by atoms with Gasteiger partial charge in [0.15, 0.2) is 0 Å². The van der Waals surface area contributed by atoms with Gasteiger partial charge in [-0.25, -0.2) is 4.90 Å². The van der Waals surface area contributed by atoms with E-state index in [1.54, 1.807) is 12.1 Å². The van der Waals surface area contributed by atoms with Crippen molar-refractivity contribution < 1.29 is 14.3 Å². The maximum Gasteiger partial charge on any atom is 0.241 e. The summed E-state index contributed by atoms with van der Waals surface area (Å²) in [7, 11) is 0. The van der Waals surface area contributed by atoms with Crippen LogP contribution in [0, 0.1) is 18.8 Å². The van der Waals surface area contributed by atoms with Crippen molar-refractivity contribution in [3.63, 3.8) is 0 Å². The lowest BCUT2D eigenvalue weighted by Crippen LogP contribution is -2.38. The predicted molar refractivity (Wildman–Crippen MR) is 78.1 cm³/mol. The molecule has 0 radical (unpaired) electrons. The Hall–Kier alpha value is -1.65. The van der Waals surface area contributed by atoms with Crippen LogP contribution in [0.25, 0.3) is 0 Å². The highest BCUT2D eigenvalue weighted by molar-refractivity contribution is 6.32. The number of hydrogen-bond acceptors (Lipinski definition) is 3. The molecule has 0 N–H and O–H groups in total. The average Bonchev–Trinajstić information content (AvgIpc) is 3.03. The maximum absolute atomic E-state index is 12.7. The number of imide groups is 1. The zero-order valence-electron chi connectivity index (χ0n) is 11.7. The van der Waals surface area contributed by atoms with Gasteiger partial charge in [0, 0.05) is 5.02 Å². The second kappa shape index (κ2) is 3.96. The topological polar surface area (TPSA) is 46.6 Å². The van der Waals surface area contributed by atoms with Crippen LogP contribution in [0.15, 0.2) is 30.4 Å². The molecular weight excluding hydrogens is 290 g/mol. The zero-order chi connectivity index (χ0) is 14.9. The molecule has 4 rings (SSSR count). The van der Waals surface area contributed by atoms with E-state index in [0.29, 0.717) is 10.7 Å². The van der Waals surface area contributed by atoms with E-state index in [4.69, 9.17) is 16.3 Å². The lowest BCUT2D eigenvalue weighted by atomic mass is 9.78. The van der Waals surface area contributed by atoms with Gasteiger partial charge in [-0.3, -0.25) is 9.59 Å². The Bertz CT molecular complexity index is 713. The number of halogens is 1. The molecule has 2 amide bonds. The van der Waals surface area contributed by atoms with Gasteiger partial charge in [-0.2, -0.15) is 0 Å². The van der Waals surface area contributed by atoms with Gasteiger partial charge in [-0.15, -0.1) is 0 Å². The molecule has 4 nitrogen and oxygen atoms in total. The number of amides is 2. The summed E-state index contributed by atoms with van der Waals surface area (Å²) in [5.74, 6) is -1.23. The van der Waals surface area contributed by atoms with Gasteiger partial charge >= 0.3 is 0 Å². The van der Waals surface area contributed by atoms with Crippen molar-refractivity contribution in [2.45, 2.75) is 25.6 Å². The average molecular weight is 304 g/mol. The van der Waals surface area contributed by atoms with E-state index in [0.717, 1.165) is 5.56 Å². The number of anilines is 1. The highest BCUT2D eigenvalue weighted by Crippen LogP contribution is 2.52. The van der Waals surface area contributed by atoms with Crippen molar-refractivity contribution in [1.29, 1.82) is 0 Å². The van der Waals surface area contributed by atoms with E-state index in [2.05, 4.69) is 0 Å². The van der Waals surface area contributed by atoms with Crippen LogP contribution in [0.1, 0.15) is 12.5 Å². The predicted octanol–water partition coefficient (Wildman–Crippen LogP) is 2.48. The lowest BCUT2D eigenvalue weighted by molar-refractivity contribution is -0.126. The molecule has 0 unspecified atom stereocenters. The molecule has 1 aromatic rings. The van der Waals surface area contributed by atoms with Crippen LogP contribution in [-0.4, -0.2) is 23.5 Å². The third-order valence-corrected chi connectivity index (χ3v) is 5.15. The van der Waals surface area contributed by atoms with Crippen molar-refractivity contribution in [1.82, 2.24) is 0 Å². The molecule has 2 bridgehead atoms. The number of aryl methyl sites for hydroxylation is 1. The number of nitrogens with zero attached hydrogens (tertiary/aromatic N) is 1. The monoisotopic (exact) mass is 303 g/mol. The molecule has 3 heterocycles. The van der Waals surface area contributed by atoms with Crippen molar-refractivity contribution >= 4 is 29.1 Å². The summed E-state index contributed by atoms with van der Waals surface area (Å²) in [5.41, 5.74) is 0.792. The molecule has 0 spiro atoms. The highest BCUT2D eigenvalue weighted by Gasteiger charge is 2.66. The van der Waals surface area contributed by atoms with Crippen LogP contribution < -0.4 is 4.90 Å². The van der Waals surface area contributed by atoms with Gasteiger partial charge in [0.05, 0.1) is 29.2 Å². The molecular formula is C16H14ClNO3. The summed E-state index contributed by atoms with van der Waals surface area (Å²) in [4.78, 5) is 26.7. The van der Waals surface area contributed by atoms with Crippen LogP contribution in [0.4, 0.5) is 5.69 Å². The molecule has 21 heavy (non-hydrogen) atoms. The fraction of sp³-hybridized carbons (Fsp3) is 0.375. The summed E-state index contributed by atoms with van der Waals surface area (Å²) in [5, 5.41) is 0.550. The van der Waals surface area contributed by atoms with E-state index in [1.807, 2.05) is 32.1 Å². The summed E-state index contributed by atoms with van der Waals surface area (Å²) in [6.45, 7) is 3.75. The van der Waals surface area contributed by atoms with Gasteiger partial charge in [-0.05, 0) is 31.5 Å². The fourth-order valence-corrected chi connectivity index (χ4v) is 3.80.